The number of rotatable bonds is 7. The summed E-state index contributed by atoms with van der Waals surface area (Å²) < 4.78 is 15.1. The second-order valence-electron chi connectivity index (χ2n) is 6.13. The molecule has 4 amide bonds. The second-order valence-corrected chi connectivity index (χ2v) is 6.13. The first-order valence-corrected chi connectivity index (χ1v) is 8.96. The Hall–Kier alpha value is -4.08. The summed E-state index contributed by atoms with van der Waals surface area (Å²) in [5, 5.41) is 6.92. The van der Waals surface area contributed by atoms with Crippen LogP contribution in [0.3, 0.4) is 0 Å². The van der Waals surface area contributed by atoms with Crippen LogP contribution in [0.15, 0.2) is 48.5 Å². The number of benzene rings is 2. The number of esters is 1. The maximum atomic E-state index is 12.1. The van der Waals surface area contributed by atoms with E-state index in [1.54, 1.807) is 6.07 Å². The van der Waals surface area contributed by atoms with Crippen LogP contribution < -0.4 is 25.4 Å². The maximum Gasteiger partial charge on any atom is 0.325 e. The zero-order valence-corrected chi connectivity index (χ0v) is 15.8. The molecule has 0 saturated carbocycles. The van der Waals surface area contributed by atoms with Crippen LogP contribution in [0.1, 0.15) is 15.9 Å². The van der Waals surface area contributed by atoms with Gasteiger partial charge in [0.05, 0.1) is 0 Å². The third-order valence-corrected chi connectivity index (χ3v) is 3.94. The zero-order valence-electron chi connectivity index (χ0n) is 15.8. The average Bonchev–Trinajstić information content (AvgIpc) is 3.23. The van der Waals surface area contributed by atoms with Crippen molar-refractivity contribution in [2.24, 2.45) is 0 Å². The van der Waals surface area contributed by atoms with Crippen molar-refractivity contribution in [3.8, 4) is 11.5 Å². The minimum Gasteiger partial charge on any atom is -0.454 e. The van der Waals surface area contributed by atoms with E-state index in [4.69, 9.17) is 14.2 Å². The average molecular weight is 413 g/mol. The molecule has 0 saturated heterocycles. The van der Waals surface area contributed by atoms with Gasteiger partial charge in [-0.2, -0.15) is 0 Å². The van der Waals surface area contributed by atoms with Crippen molar-refractivity contribution in [2.45, 2.75) is 6.54 Å². The molecular weight excluding hydrogens is 394 g/mol. The number of carbonyl (C=O) groups is 4. The standard InChI is InChI=1S/C20H19N3O7/c24-17(23-20(27)22-9-13-4-2-1-3-5-13)11-28-18(25)10-21-19(26)14-6-7-15-16(8-14)30-12-29-15/h1-8H,9-12H2,(H,21,26)(H2,22,23,24,27). The third-order valence-electron chi connectivity index (χ3n) is 3.94. The molecule has 156 valence electrons. The van der Waals surface area contributed by atoms with E-state index in [0.29, 0.717) is 11.5 Å². The fraction of sp³-hybridized carbons (Fsp3) is 0.200. The van der Waals surface area contributed by atoms with Crippen LogP contribution in [-0.2, 0) is 20.9 Å². The van der Waals surface area contributed by atoms with Gasteiger partial charge in [-0.1, -0.05) is 30.3 Å². The number of imide groups is 1. The predicted molar refractivity (Wildman–Crippen MR) is 103 cm³/mol. The highest BCUT2D eigenvalue weighted by Crippen LogP contribution is 2.32. The van der Waals surface area contributed by atoms with Crippen LogP contribution >= 0.6 is 0 Å². The largest absolute Gasteiger partial charge is 0.454 e. The molecule has 2 aromatic rings. The smallest absolute Gasteiger partial charge is 0.325 e. The van der Waals surface area contributed by atoms with Crippen molar-refractivity contribution >= 4 is 23.8 Å². The number of hydrogen-bond donors (Lipinski definition) is 3. The highest BCUT2D eigenvalue weighted by atomic mass is 16.7. The lowest BCUT2D eigenvalue weighted by molar-refractivity contribution is -0.147. The van der Waals surface area contributed by atoms with E-state index in [-0.39, 0.29) is 18.9 Å². The van der Waals surface area contributed by atoms with E-state index in [1.807, 2.05) is 35.6 Å². The highest BCUT2D eigenvalue weighted by Gasteiger charge is 2.17. The molecule has 2 aromatic carbocycles. The minimum atomic E-state index is -0.830. The number of ether oxygens (including phenoxy) is 3. The normalized spacial score (nSPS) is 11.3. The number of amides is 4. The topological polar surface area (TPSA) is 132 Å². The van der Waals surface area contributed by atoms with Gasteiger partial charge in [-0.15, -0.1) is 0 Å². The Bertz CT molecular complexity index is 947. The van der Waals surface area contributed by atoms with E-state index in [9.17, 15) is 19.2 Å². The molecule has 10 heteroatoms. The lowest BCUT2D eigenvalue weighted by Gasteiger charge is -2.08. The maximum absolute atomic E-state index is 12.1. The third kappa shape index (κ3) is 5.96. The van der Waals surface area contributed by atoms with Gasteiger partial charge in [-0.25, -0.2) is 4.79 Å². The molecule has 0 aromatic heterocycles. The van der Waals surface area contributed by atoms with Crippen LogP contribution in [0.25, 0.3) is 0 Å². The molecule has 1 aliphatic rings. The molecule has 0 spiro atoms. The van der Waals surface area contributed by atoms with Crippen LogP contribution in [0, 0.1) is 0 Å². The van der Waals surface area contributed by atoms with Crippen molar-refractivity contribution in [1.82, 2.24) is 16.0 Å². The summed E-state index contributed by atoms with van der Waals surface area (Å²) in [5.41, 5.74) is 1.14. The lowest BCUT2D eigenvalue weighted by Crippen LogP contribution is -2.41. The van der Waals surface area contributed by atoms with Crippen molar-refractivity contribution < 1.29 is 33.4 Å². The summed E-state index contributed by atoms with van der Waals surface area (Å²) in [5.74, 6) is -1.17. The molecule has 1 aliphatic heterocycles. The molecule has 1 heterocycles. The first-order valence-electron chi connectivity index (χ1n) is 8.96. The van der Waals surface area contributed by atoms with Crippen molar-refractivity contribution in [1.29, 1.82) is 0 Å². The first kappa shape index (κ1) is 20.6. The monoisotopic (exact) mass is 413 g/mol. The van der Waals surface area contributed by atoms with E-state index in [1.165, 1.54) is 12.1 Å². The number of hydrogen-bond acceptors (Lipinski definition) is 7. The van der Waals surface area contributed by atoms with Gasteiger partial charge in [-0.05, 0) is 23.8 Å². The SMILES string of the molecule is O=C(COC(=O)CNC(=O)c1ccc2c(c1)OCO2)NC(=O)NCc1ccccc1. The summed E-state index contributed by atoms with van der Waals surface area (Å²) in [6.07, 6.45) is 0. The van der Waals surface area contributed by atoms with Gasteiger partial charge in [-0.3, -0.25) is 19.7 Å². The van der Waals surface area contributed by atoms with Crippen LogP contribution in [0.4, 0.5) is 4.79 Å². The van der Waals surface area contributed by atoms with Gasteiger partial charge in [0.15, 0.2) is 18.1 Å². The van der Waals surface area contributed by atoms with Crippen molar-refractivity contribution in [3.05, 3.63) is 59.7 Å². The van der Waals surface area contributed by atoms with Crippen molar-refractivity contribution in [2.75, 3.05) is 19.9 Å². The predicted octanol–water partition coefficient (Wildman–Crippen LogP) is 0.714. The van der Waals surface area contributed by atoms with Crippen LogP contribution in [0.2, 0.25) is 0 Å². The summed E-state index contributed by atoms with van der Waals surface area (Å²) >= 11 is 0. The zero-order chi connectivity index (χ0) is 21.3. The Morgan fingerprint density at radius 1 is 0.933 bits per heavy atom. The summed E-state index contributed by atoms with van der Waals surface area (Å²) in [7, 11) is 0. The van der Waals surface area contributed by atoms with Gasteiger partial charge in [0.2, 0.25) is 6.79 Å². The first-order chi connectivity index (χ1) is 14.5. The molecule has 0 atom stereocenters. The Morgan fingerprint density at radius 2 is 1.70 bits per heavy atom. The molecule has 3 N–H and O–H groups in total. The highest BCUT2D eigenvalue weighted by molar-refractivity contribution is 5.97. The van der Waals surface area contributed by atoms with Crippen molar-refractivity contribution in [3.63, 3.8) is 0 Å². The molecule has 0 radical (unpaired) electrons. The van der Waals surface area contributed by atoms with E-state index >= 15 is 0 Å². The molecule has 0 unspecified atom stereocenters. The molecule has 0 fully saturated rings. The van der Waals surface area contributed by atoms with Crippen LogP contribution in [-0.4, -0.2) is 43.8 Å². The fourth-order valence-electron chi connectivity index (χ4n) is 2.47. The molecular formula is C20H19N3O7. The Kier molecular flexibility index (Phi) is 6.83. The fourth-order valence-corrected chi connectivity index (χ4v) is 2.47. The Balaban J connectivity index is 1.33. The van der Waals surface area contributed by atoms with E-state index in [2.05, 4.69) is 10.6 Å². The molecule has 0 aliphatic carbocycles. The van der Waals surface area contributed by atoms with E-state index in [0.717, 1.165) is 5.56 Å². The second kappa shape index (κ2) is 9.92. The minimum absolute atomic E-state index is 0.0824. The van der Waals surface area contributed by atoms with Gasteiger partial charge < -0.3 is 24.8 Å². The molecule has 0 bridgehead atoms. The molecule has 30 heavy (non-hydrogen) atoms. The molecule has 10 nitrogen and oxygen atoms in total. The quantitative estimate of drug-likeness (QED) is 0.570. The van der Waals surface area contributed by atoms with Gasteiger partial charge in [0, 0.05) is 12.1 Å². The summed E-state index contributed by atoms with van der Waals surface area (Å²) in [4.78, 5) is 47.1. The molecule has 3 rings (SSSR count). The van der Waals surface area contributed by atoms with Gasteiger partial charge in [0.25, 0.3) is 11.8 Å². The number of carbonyl (C=O) groups excluding carboxylic acids is 4. The van der Waals surface area contributed by atoms with Gasteiger partial charge >= 0.3 is 12.0 Å². The van der Waals surface area contributed by atoms with E-state index < -0.39 is 37.0 Å². The lowest BCUT2D eigenvalue weighted by atomic mass is 10.2. The summed E-state index contributed by atoms with van der Waals surface area (Å²) in [6, 6.07) is 13.0. The number of nitrogens with one attached hydrogen (secondary N) is 3. The summed E-state index contributed by atoms with van der Waals surface area (Å²) in [6.45, 7) is -0.775. The number of urea groups is 1. The number of fused-ring (bicyclic) bond motifs is 1. The Morgan fingerprint density at radius 3 is 2.50 bits per heavy atom. The van der Waals surface area contributed by atoms with Crippen LogP contribution in [0.5, 0.6) is 11.5 Å². The Labute approximate surface area is 171 Å². The van der Waals surface area contributed by atoms with Gasteiger partial charge in [0.1, 0.15) is 6.54 Å².